The number of pyridine rings is 1. The highest BCUT2D eigenvalue weighted by atomic mass is 16.5. The molecular formula is C25H26N2O3. The topological polar surface area (TPSA) is 62.7 Å². The van der Waals surface area contributed by atoms with E-state index in [0.717, 1.165) is 36.4 Å². The average Bonchev–Trinajstić information content (AvgIpc) is 2.78. The summed E-state index contributed by atoms with van der Waals surface area (Å²) in [5.41, 5.74) is 4.73. The molecule has 0 radical (unpaired) electrons. The maximum absolute atomic E-state index is 11.5. The molecule has 5 heteroatoms. The minimum absolute atomic E-state index is 0.343. The molecule has 0 unspecified atom stereocenters. The van der Waals surface area contributed by atoms with Gasteiger partial charge in [0.2, 0.25) is 0 Å². The number of aromatic carboxylic acids is 1. The fourth-order valence-electron chi connectivity index (χ4n) is 4.10. The van der Waals surface area contributed by atoms with Crippen molar-refractivity contribution in [1.29, 1.82) is 0 Å². The van der Waals surface area contributed by atoms with E-state index in [9.17, 15) is 9.90 Å². The SMILES string of the molecule is CN(Cc1ccccc1)c1ccc2c(c1)OCC[C@H]2CCc1cnccc1C(=O)O. The van der Waals surface area contributed by atoms with E-state index in [1.165, 1.54) is 17.3 Å². The van der Waals surface area contributed by atoms with Gasteiger partial charge in [-0.25, -0.2) is 4.79 Å². The summed E-state index contributed by atoms with van der Waals surface area (Å²) in [7, 11) is 2.09. The Hall–Kier alpha value is -3.34. The normalized spacial score (nSPS) is 15.2. The van der Waals surface area contributed by atoms with Crippen molar-refractivity contribution < 1.29 is 14.6 Å². The van der Waals surface area contributed by atoms with E-state index in [-0.39, 0.29) is 0 Å². The van der Waals surface area contributed by atoms with Gasteiger partial charge in [0, 0.05) is 37.7 Å². The molecule has 0 fully saturated rings. The monoisotopic (exact) mass is 402 g/mol. The molecule has 2 aromatic carbocycles. The predicted octanol–water partition coefficient (Wildman–Crippen LogP) is 4.92. The van der Waals surface area contributed by atoms with Crippen molar-refractivity contribution in [3.05, 3.63) is 89.2 Å². The number of nitrogens with zero attached hydrogens (tertiary/aromatic N) is 2. The Morgan fingerprint density at radius 3 is 2.83 bits per heavy atom. The van der Waals surface area contributed by atoms with Crippen LogP contribution in [0.3, 0.4) is 0 Å². The highest BCUT2D eigenvalue weighted by Crippen LogP contribution is 2.39. The van der Waals surface area contributed by atoms with Gasteiger partial charge in [0.05, 0.1) is 12.2 Å². The Morgan fingerprint density at radius 1 is 1.20 bits per heavy atom. The van der Waals surface area contributed by atoms with Gasteiger partial charge in [0.1, 0.15) is 5.75 Å². The number of aromatic nitrogens is 1. The van der Waals surface area contributed by atoms with Crippen molar-refractivity contribution >= 4 is 11.7 Å². The van der Waals surface area contributed by atoms with E-state index in [1.807, 2.05) is 6.07 Å². The smallest absolute Gasteiger partial charge is 0.336 e. The largest absolute Gasteiger partial charge is 0.493 e. The molecule has 0 aliphatic carbocycles. The molecule has 0 amide bonds. The van der Waals surface area contributed by atoms with E-state index >= 15 is 0 Å². The lowest BCUT2D eigenvalue weighted by Gasteiger charge is -2.28. The van der Waals surface area contributed by atoms with Crippen LogP contribution in [-0.2, 0) is 13.0 Å². The molecule has 0 spiro atoms. The van der Waals surface area contributed by atoms with Crippen LogP contribution in [0.25, 0.3) is 0 Å². The van der Waals surface area contributed by atoms with Gasteiger partial charge in [0.25, 0.3) is 0 Å². The third-order valence-electron chi connectivity index (χ3n) is 5.76. The molecule has 0 saturated carbocycles. The van der Waals surface area contributed by atoms with Crippen LogP contribution >= 0.6 is 0 Å². The van der Waals surface area contributed by atoms with Gasteiger partial charge in [-0.05, 0) is 54.0 Å². The van der Waals surface area contributed by atoms with Crippen LogP contribution in [0.5, 0.6) is 5.75 Å². The number of hydrogen-bond donors (Lipinski definition) is 1. The maximum Gasteiger partial charge on any atom is 0.336 e. The molecule has 1 aliphatic heterocycles. The number of benzene rings is 2. The molecule has 1 atom stereocenters. The Balaban J connectivity index is 1.47. The third-order valence-corrected chi connectivity index (χ3v) is 5.76. The lowest BCUT2D eigenvalue weighted by Crippen LogP contribution is -2.19. The van der Waals surface area contributed by atoms with Gasteiger partial charge in [-0.1, -0.05) is 36.4 Å². The van der Waals surface area contributed by atoms with E-state index in [4.69, 9.17) is 4.74 Å². The number of fused-ring (bicyclic) bond motifs is 1. The van der Waals surface area contributed by atoms with Crippen LogP contribution < -0.4 is 9.64 Å². The number of carbonyl (C=O) groups is 1. The quantitative estimate of drug-likeness (QED) is 0.608. The van der Waals surface area contributed by atoms with Crippen LogP contribution in [0.15, 0.2) is 67.0 Å². The minimum Gasteiger partial charge on any atom is -0.493 e. The van der Waals surface area contributed by atoms with Crippen molar-refractivity contribution in [3.63, 3.8) is 0 Å². The van der Waals surface area contributed by atoms with Crippen LogP contribution in [0, 0.1) is 0 Å². The summed E-state index contributed by atoms with van der Waals surface area (Å²) >= 11 is 0. The zero-order valence-corrected chi connectivity index (χ0v) is 17.1. The molecule has 5 nitrogen and oxygen atoms in total. The van der Waals surface area contributed by atoms with E-state index in [2.05, 4.69) is 59.4 Å². The second-order valence-corrected chi connectivity index (χ2v) is 7.77. The van der Waals surface area contributed by atoms with Crippen molar-refractivity contribution in [2.45, 2.75) is 31.7 Å². The summed E-state index contributed by atoms with van der Waals surface area (Å²) in [6.45, 7) is 1.52. The number of carboxylic acid groups (broad SMARTS) is 1. The summed E-state index contributed by atoms with van der Waals surface area (Å²) in [5.74, 6) is 0.392. The lowest BCUT2D eigenvalue weighted by molar-refractivity contribution is 0.0695. The highest BCUT2D eigenvalue weighted by Gasteiger charge is 2.23. The molecular weight excluding hydrogens is 376 g/mol. The van der Waals surface area contributed by atoms with Crippen molar-refractivity contribution in [2.75, 3.05) is 18.6 Å². The first-order valence-corrected chi connectivity index (χ1v) is 10.3. The number of ether oxygens (including phenoxy) is 1. The van der Waals surface area contributed by atoms with E-state index in [0.29, 0.717) is 24.5 Å². The van der Waals surface area contributed by atoms with E-state index in [1.54, 1.807) is 12.3 Å². The van der Waals surface area contributed by atoms with Crippen LogP contribution in [0.2, 0.25) is 0 Å². The Morgan fingerprint density at radius 2 is 2.03 bits per heavy atom. The standard InChI is InChI=1S/C25H26N2O3/c1-27(17-18-5-3-2-4-6-18)21-9-10-22-19(12-14-30-24(22)15-21)7-8-20-16-26-13-11-23(20)25(28)29/h2-6,9-11,13,15-16,19H,7-8,12,14,17H2,1H3,(H,28,29)/t19-/m1/s1. The van der Waals surface area contributed by atoms with Gasteiger partial charge >= 0.3 is 5.97 Å². The number of rotatable bonds is 7. The Labute approximate surface area is 177 Å². The predicted molar refractivity (Wildman–Crippen MR) is 117 cm³/mol. The zero-order chi connectivity index (χ0) is 20.9. The molecule has 1 N–H and O–H groups in total. The summed E-state index contributed by atoms with van der Waals surface area (Å²) < 4.78 is 5.98. The second-order valence-electron chi connectivity index (χ2n) is 7.77. The third kappa shape index (κ3) is 4.46. The average molecular weight is 402 g/mol. The second kappa shape index (κ2) is 8.99. The molecule has 1 aliphatic rings. The van der Waals surface area contributed by atoms with Gasteiger partial charge in [0.15, 0.2) is 0 Å². The summed E-state index contributed by atoms with van der Waals surface area (Å²) in [4.78, 5) is 17.8. The van der Waals surface area contributed by atoms with E-state index < -0.39 is 5.97 Å². The maximum atomic E-state index is 11.5. The summed E-state index contributed by atoms with van der Waals surface area (Å²) in [6, 6.07) is 18.4. The first-order valence-electron chi connectivity index (χ1n) is 10.3. The van der Waals surface area contributed by atoms with Gasteiger partial charge in [-0.3, -0.25) is 4.98 Å². The number of anilines is 1. The highest BCUT2D eigenvalue weighted by molar-refractivity contribution is 5.89. The van der Waals surface area contributed by atoms with Gasteiger partial charge < -0.3 is 14.7 Å². The Kier molecular flexibility index (Phi) is 5.98. The van der Waals surface area contributed by atoms with Crippen LogP contribution in [-0.4, -0.2) is 29.7 Å². The number of hydrogen-bond acceptors (Lipinski definition) is 4. The lowest BCUT2D eigenvalue weighted by atomic mass is 9.87. The zero-order valence-electron chi connectivity index (χ0n) is 17.1. The molecule has 1 aromatic heterocycles. The van der Waals surface area contributed by atoms with Gasteiger partial charge in [-0.2, -0.15) is 0 Å². The fraction of sp³-hybridized carbons (Fsp3) is 0.280. The molecule has 2 heterocycles. The molecule has 0 saturated heterocycles. The van der Waals surface area contributed by atoms with Crippen LogP contribution in [0.4, 0.5) is 5.69 Å². The molecule has 3 aromatic rings. The molecule has 154 valence electrons. The first-order chi connectivity index (χ1) is 14.6. The van der Waals surface area contributed by atoms with Crippen LogP contribution in [0.1, 0.15) is 45.8 Å². The number of carboxylic acids is 1. The Bertz CT molecular complexity index is 1020. The van der Waals surface area contributed by atoms with Crippen molar-refractivity contribution in [1.82, 2.24) is 4.98 Å². The van der Waals surface area contributed by atoms with Gasteiger partial charge in [-0.15, -0.1) is 0 Å². The fourth-order valence-corrected chi connectivity index (χ4v) is 4.10. The summed E-state index contributed by atoms with van der Waals surface area (Å²) in [5, 5.41) is 9.40. The molecule has 30 heavy (non-hydrogen) atoms. The first kappa shape index (κ1) is 20.0. The molecule has 4 rings (SSSR count). The molecule has 0 bridgehead atoms. The van der Waals surface area contributed by atoms with Crippen molar-refractivity contribution in [2.24, 2.45) is 0 Å². The minimum atomic E-state index is -0.897. The van der Waals surface area contributed by atoms with Crippen molar-refractivity contribution in [3.8, 4) is 5.75 Å². The summed E-state index contributed by atoms with van der Waals surface area (Å²) in [6.07, 6.45) is 5.71. The number of aryl methyl sites for hydroxylation is 1.